The van der Waals surface area contributed by atoms with Gasteiger partial charge in [0.25, 0.3) is 5.78 Å². The minimum absolute atomic E-state index is 0.462. The quantitative estimate of drug-likeness (QED) is 0.612. The third kappa shape index (κ3) is 2.00. The Kier molecular flexibility index (Phi) is 2.62. The van der Waals surface area contributed by atoms with E-state index < -0.39 is 0 Å². The minimum atomic E-state index is 0.462. The second kappa shape index (κ2) is 4.42. The Morgan fingerprint density at radius 3 is 2.74 bits per heavy atom. The first-order chi connectivity index (χ1) is 9.25. The number of anilines is 1. The van der Waals surface area contributed by atoms with E-state index >= 15 is 0 Å². The van der Waals surface area contributed by atoms with Crippen molar-refractivity contribution in [3.05, 3.63) is 53.5 Å². The summed E-state index contributed by atoms with van der Waals surface area (Å²) in [5, 5.41) is 4.03. The van der Waals surface area contributed by atoms with E-state index in [1.807, 2.05) is 37.3 Å². The maximum absolute atomic E-state index is 6.05. The SMILES string of the molecule is Cc1nc2ncnn2c(N)c1C#Cc1ccccc1. The highest BCUT2D eigenvalue weighted by Crippen LogP contribution is 2.14. The Morgan fingerprint density at radius 1 is 1.16 bits per heavy atom. The van der Waals surface area contributed by atoms with Crippen LogP contribution in [0.3, 0.4) is 0 Å². The van der Waals surface area contributed by atoms with E-state index in [1.54, 1.807) is 0 Å². The first-order valence-corrected chi connectivity index (χ1v) is 5.78. The van der Waals surface area contributed by atoms with Crippen LogP contribution in [0.5, 0.6) is 0 Å². The topological polar surface area (TPSA) is 69.1 Å². The smallest absolute Gasteiger partial charge is 0.254 e. The third-order valence-corrected chi connectivity index (χ3v) is 2.75. The van der Waals surface area contributed by atoms with Crippen molar-refractivity contribution in [2.75, 3.05) is 5.73 Å². The number of aromatic nitrogens is 4. The van der Waals surface area contributed by atoms with Crippen molar-refractivity contribution in [3.63, 3.8) is 0 Å². The number of fused-ring (bicyclic) bond motifs is 1. The average Bonchev–Trinajstić information content (AvgIpc) is 2.88. The van der Waals surface area contributed by atoms with Crippen molar-refractivity contribution < 1.29 is 0 Å². The normalized spacial score (nSPS) is 10.2. The van der Waals surface area contributed by atoms with Gasteiger partial charge in [-0.25, -0.2) is 4.98 Å². The number of rotatable bonds is 0. The van der Waals surface area contributed by atoms with Gasteiger partial charge in [-0.05, 0) is 19.1 Å². The standard InChI is InChI=1S/C14H11N5/c1-10-12(8-7-11-5-3-2-4-6-11)13(15)19-14(18-10)16-9-17-19/h2-6,9H,15H2,1H3. The number of benzene rings is 1. The van der Waals surface area contributed by atoms with Crippen LogP contribution in [0.4, 0.5) is 5.82 Å². The fourth-order valence-electron chi connectivity index (χ4n) is 1.79. The van der Waals surface area contributed by atoms with Gasteiger partial charge in [-0.15, -0.1) is 0 Å². The molecule has 5 nitrogen and oxygen atoms in total. The van der Waals surface area contributed by atoms with Crippen LogP contribution < -0.4 is 5.73 Å². The Hall–Kier alpha value is -2.87. The Labute approximate surface area is 110 Å². The summed E-state index contributed by atoms with van der Waals surface area (Å²) < 4.78 is 1.49. The van der Waals surface area contributed by atoms with Gasteiger partial charge in [0.2, 0.25) is 0 Å². The first-order valence-electron chi connectivity index (χ1n) is 5.78. The maximum atomic E-state index is 6.05. The summed E-state index contributed by atoms with van der Waals surface area (Å²) in [7, 11) is 0. The zero-order valence-electron chi connectivity index (χ0n) is 10.3. The molecular weight excluding hydrogens is 238 g/mol. The van der Waals surface area contributed by atoms with E-state index in [-0.39, 0.29) is 0 Å². The van der Waals surface area contributed by atoms with Gasteiger partial charge in [0.05, 0.1) is 11.3 Å². The molecule has 0 bridgehead atoms. The molecule has 0 amide bonds. The molecule has 0 saturated heterocycles. The molecule has 0 aliphatic carbocycles. The summed E-state index contributed by atoms with van der Waals surface area (Å²) in [5.74, 6) is 7.07. The number of hydrogen-bond acceptors (Lipinski definition) is 4. The van der Waals surface area contributed by atoms with Gasteiger partial charge in [0, 0.05) is 5.56 Å². The molecule has 2 heterocycles. The molecule has 0 spiro atoms. The highest BCUT2D eigenvalue weighted by molar-refractivity contribution is 5.58. The lowest BCUT2D eigenvalue weighted by Crippen LogP contribution is -2.06. The molecule has 0 saturated carbocycles. The van der Waals surface area contributed by atoms with E-state index in [4.69, 9.17) is 5.73 Å². The minimum Gasteiger partial charge on any atom is -0.382 e. The summed E-state index contributed by atoms with van der Waals surface area (Å²) in [5.41, 5.74) is 8.41. The summed E-state index contributed by atoms with van der Waals surface area (Å²) in [4.78, 5) is 8.33. The molecule has 0 aliphatic rings. The molecule has 3 aromatic rings. The highest BCUT2D eigenvalue weighted by Gasteiger charge is 2.09. The molecule has 0 atom stereocenters. The third-order valence-electron chi connectivity index (χ3n) is 2.75. The van der Waals surface area contributed by atoms with Gasteiger partial charge in [-0.1, -0.05) is 30.0 Å². The number of nitrogen functional groups attached to an aromatic ring is 1. The van der Waals surface area contributed by atoms with Gasteiger partial charge in [-0.3, -0.25) is 0 Å². The zero-order valence-corrected chi connectivity index (χ0v) is 10.3. The van der Waals surface area contributed by atoms with E-state index in [0.717, 1.165) is 11.3 Å². The van der Waals surface area contributed by atoms with Crippen LogP contribution in [0.15, 0.2) is 36.7 Å². The second-order valence-electron chi connectivity index (χ2n) is 4.05. The van der Waals surface area contributed by atoms with Gasteiger partial charge < -0.3 is 5.73 Å². The monoisotopic (exact) mass is 249 g/mol. The molecule has 92 valence electrons. The number of aryl methyl sites for hydroxylation is 1. The van der Waals surface area contributed by atoms with Crippen molar-refractivity contribution in [2.45, 2.75) is 6.92 Å². The molecule has 1 aromatic carbocycles. The number of hydrogen-bond donors (Lipinski definition) is 1. The van der Waals surface area contributed by atoms with E-state index in [1.165, 1.54) is 10.8 Å². The van der Waals surface area contributed by atoms with Gasteiger partial charge in [-0.2, -0.15) is 14.6 Å². The van der Waals surface area contributed by atoms with E-state index in [2.05, 4.69) is 26.9 Å². The molecule has 19 heavy (non-hydrogen) atoms. The van der Waals surface area contributed by atoms with Gasteiger partial charge >= 0.3 is 0 Å². The van der Waals surface area contributed by atoms with Crippen molar-refractivity contribution in [1.82, 2.24) is 19.6 Å². The average molecular weight is 249 g/mol. The van der Waals surface area contributed by atoms with E-state index in [0.29, 0.717) is 17.2 Å². The lowest BCUT2D eigenvalue weighted by Gasteiger charge is -2.03. The van der Waals surface area contributed by atoms with E-state index in [9.17, 15) is 0 Å². The molecule has 0 radical (unpaired) electrons. The number of nitrogens with zero attached hydrogens (tertiary/aromatic N) is 4. The number of nitrogens with two attached hydrogens (primary N) is 1. The van der Waals surface area contributed by atoms with Crippen molar-refractivity contribution >= 4 is 11.6 Å². The largest absolute Gasteiger partial charge is 0.382 e. The van der Waals surface area contributed by atoms with Crippen LogP contribution in [0.1, 0.15) is 16.8 Å². The molecule has 0 aliphatic heterocycles. The van der Waals surface area contributed by atoms with Gasteiger partial charge in [0.1, 0.15) is 12.1 Å². The fraction of sp³-hybridized carbons (Fsp3) is 0.0714. The summed E-state index contributed by atoms with van der Waals surface area (Å²) in [6, 6.07) is 9.73. The second-order valence-corrected chi connectivity index (χ2v) is 4.05. The Morgan fingerprint density at radius 2 is 1.95 bits per heavy atom. The van der Waals surface area contributed by atoms with Crippen LogP contribution in [0.25, 0.3) is 5.78 Å². The molecule has 5 heteroatoms. The Balaban J connectivity index is 2.13. The summed E-state index contributed by atoms with van der Waals surface area (Å²) >= 11 is 0. The fourth-order valence-corrected chi connectivity index (χ4v) is 1.79. The van der Waals surface area contributed by atoms with Crippen LogP contribution in [-0.4, -0.2) is 19.6 Å². The summed E-state index contributed by atoms with van der Waals surface area (Å²) in [6.07, 6.45) is 1.42. The van der Waals surface area contributed by atoms with Crippen LogP contribution in [0, 0.1) is 18.8 Å². The molecule has 0 unspecified atom stereocenters. The molecule has 2 aromatic heterocycles. The molecule has 0 fully saturated rings. The predicted molar refractivity (Wildman–Crippen MR) is 72.4 cm³/mol. The predicted octanol–water partition coefficient (Wildman–Crippen LogP) is 1.41. The summed E-state index contributed by atoms with van der Waals surface area (Å²) in [6.45, 7) is 1.86. The van der Waals surface area contributed by atoms with Crippen molar-refractivity contribution in [2.24, 2.45) is 0 Å². The van der Waals surface area contributed by atoms with Crippen molar-refractivity contribution in [1.29, 1.82) is 0 Å². The first kappa shape index (κ1) is 11.2. The van der Waals surface area contributed by atoms with Crippen LogP contribution in [0.2, 0.25) is 0 Å². The molecule has 2 N–H and O–H groups in total. The van der Waals surface area contributed by atoms with Crippen LogP contribution >= 0.6 is 0 Å². The molecule has 3 rings (SSSR count). The molecular formula is C14H11N5. The lowest BCUT2D eigenvalue weighted by atomic mass is 10.2. The van der Waals surface area contributed by atoms with Crippen LogP contribution in [-0.2, 0) is 0 Å². The maximum Gasteiger partial charge on any atom is 0.254 e. The Bertz CT molecular complexity index is 793. The van der Waals surface area contributed by atoms with Crippen molar-refractivity contribution in [3.8, 4) is 11.8 Å². The van der Waals surface area contributed by atoms with Gasteiger partial charge in [0.15, 0.2) is 0 Å². The zero-order chi connectivity index (χ0) is 13.2. The highest BCUT2D eigenvalue weighted by atomic mass is 15.3. The lowest BCUT2D eigenvalue weighted by molar-refractivity contribution is 0.937.